The Hall–Kier alpha value is -5.90. The minimum Gasteiger partial charge on any atom is -0.227 e. The van der Waals surface area contributed by atoms with Crippen LogP contribution in [0.25, 0.3) is 87.1 Å². The first-order valence-corrected chi connectivity index (χ1v) is 16.6. The van der Waals surface area contributed by atoms with Crippen molar-refractivity contribution >= 4 is 42.4 Å². The zero-order valence-electron chi connectivity index (χ0n) is 25.5. The highest BCUT2D eigenvalue weighted by Gasteiger charge is 2.18. The van der Waals surface area contributed by atoms with Crippen molar-refractivity contribution in [1.82, 2.24) is 9.97 Å². The molecule has 0 N–H and O–H groups in total. The molecule has 47 heavy (non-hydrogen) atoms. The predicted octanol–water partition coefficient (Wildman–Crippen LogP) is 12.3. The van der Waals surface area contributed by atoms with Crippen LogP contribution in [0, 0.1) is 0 Å². The average Bonchev–Trinajstić information content (AvgIpc) is 3.55. The van der Waals surface area contributed by atoms with Gasteiger partial charge in [-0.3, -0.25) is 0 Å². The van der Waals surface area contributed by atoms with Crippen molar-refractivity contribution in [3.63, 3.8) is 0 Å². The molecule has 0 saturated carbocycles. The summed E-state index contributed by atoms with van der Waals surface area (Å²) in [4.78, 5) is 11.5. The molecule has 0 atom stereocenters. The molecule has 220 valence electrons. The Bertz CT molecular complexity index is 2550. The summed E-state index contributed by atoms with van der Waals surface area (Å²) in [5.74, 6) is 0.738. The predicted molar refractivity (Wildman–Crippen MR) is 200 cm³/mol. The van der Waals surface area contributed by atoms with Gasteiger partial charge in [-0.25, -0.2) is 9.97 Å². The van der Waals surface area contributed by atoms with Gasteiger partial charge in [0.05, 0.1) is 5.69 Å². The Balaban J connectivity index is 1.14. The highest BCUT2D eigenvalue weighted by atomic mass is 32.1. The number of benzene rings is 7. The molecule has 2 nitrogen and oxygen atoms in total. The minimum atomic E-state index is 0.738. The van der Waals surface area contributed by atoms with E-state index in [9.17, 15) is 0 Å². The maximum atomic E-state index is 5.27. The summed E-state index contributed by atoms with van der Waals surface area (Å²) in [6.07, 6.45) is 0. The summed E-state index contributed by atoms with van der Waals surface area (Å²) < 4.78 is 1.25. The van der Waals surface area contributed by atoms with E-state index >= 15 is 0 Å². The highest BCUT2D eigenvalue weighted by molar-refractivity contribution is 7.26. The van der Waals surface area contributed by atoms with E-state index in [1.165, 1.54) is 43.1 Å². The molecule has 2 heterocycles. The van der Waals surface area contributed by atoms with Crippen LogP contribution in [0.5, 0.6) is 0 Å². The van der Waals surface area contributed by atoms with Gasteiger partial charge < -0.3 is 0 Å². The third-order valence-corrected chi connectivity index (χ3v) is 10.0. The number of aromatic nitrogens is 2. The molecular formula is C44H28N2S. The fourth-order valence-corrected chi connectivity index (χ4v) is 7.75. The van der Waals surface area contributed by atoms with Crippen LogP contribution in [0.3, 0.4) is 0 Å². The Kier molecular flexibility index (Phi) is 6.69. The summed E-state index contributed by atoms with van der Waals surface area (Å²) in [6, 6.07) is 60.2. The smallest absolute Gasteiger partial charge is 0.161 e. The van der Waals surface area contributed by atoms with E-state index in [-0.39, 0.29) is 0 Å². The standard InChI is InChI=1S/C44H28N2S/c1-3-11-29(12-4-1)30-21-23-31(24-22-30)34-16-9-17-35(27-34)36-18-10-19-37(28-36)43-45-41(33-14-5-2-6-15-33)40-39-26-25-32-13-7-8-20-38(32)42(39)47-44(40)46-43/h1-28H. The summed E-state index contributed by atoms with van der Waals surface area (Å²) in [7, 11) is 0. The van der Waals surface area contributed by atoms with Crippen molar-refractivity contribution in [3.05, 3.63) is 170 Å². The maximum Gasteiger partial charge on any atom is 0.161 e. The van der Waals surface area contributed by atoms with Gasteiger partial charge in [0.1, 0.15) is 4.83 Å². The summed E-state index contributed by atoms with van der Waals surface area (Å²) >= 11 is 1.76. The monoisotopic (exact) mass is 616 g/mol. The van der Waals surface area contributed by atoms with Gasteiger partial charge in [-0.1, -0.05) is 158 Å². The number of hydrogen-bond acceptors (Lipinski definition) is 3. The van der Waals surface area contributed by atoms with Crippen molar-refractivity contribution in [2.24, 2.45) is 0 Å². The molecule has 0 bridgehead atoms. The van der Waals surface area contributed by atoms with Gasteiger partial charge in [-0.2, -0.15) is 0 Å². The van der Waals surface area contributed by atoms with Gasteiger partial charge >= 0.3 is 0 Å². The van der Waals surface area contributed by atoms with Crippen LogP contribution in [-0.4, -0.2) is 9.97 Å². The maximum absolute atomic E-state index is 5.27. The van der Waals surface area contributed by atoms with Crippen LogP contribution in [0.15, 0.2) is 170 Å². The van der Waals surface area contributed by atoms with Crippen molar-refractivity contribution < 1.29 is 0 Å². The van der Waals surface area contributed by atoms with Crippen LogP contribution in [0.2, 0.25) is 0 Å². The molecule has 0 aliphatic heterocycles. The van der Waals surface area contributed by atoms with Crippen molar-refractivity contribution in [1.29, 1.82) is 0 Å². The van der Waals surface area contributed by atoms with Crippen molar-refractivity contribution in [2.45, 2.75) is 0 Å². The van der Waals surface area contributed by atoms with E-state index in [4.69, 9.17) is 9.97 Å². The molecule has 7 aromatic carbocycles. The second kappa shape index (κ2) is 11.5. The van der Waals surface area contributed by atoms with Gasteiger partial charge in [0.15, 0.2) is 5.82 Å². The van der Waals surface area contributed by atoms with Crippen LogP contribution in [0.1, 0.15) is 0 Å². The van der Waals surface area contributed by atoms with Crippen molar-refractivity contribution in [3.8, 4) is 56.0 Å². The van der Waals surface area contributed by atoms with Crippen LogP contribution in [-0.2, 0) is 0 Å². The second-order valence-electron chi connectivity index (χ2n) is 11.8. The zero-order valence-corrected chi connectivity index (χ0v) is 26.3. The highest BCUT2D eigenvalue weighted by Crippen LogP contribution is 2.42. The molecule has 0 aliphatic carbocycles. The molecule has 0 unspecified atom stereocenters. The summed E-state index contributed by atoms with van der Waals surface area (Å²) in [5.41, 5.74) is 10.2. The molecule has 0 fully saturated rings. The van der Waals surface area contributed by atoms with E-state index < -0.39 is 0 Å². The molecule has 0 spiro atoms. The lowest BCUT2D eigenvalue weighted by atomic mass is 9.96. The lowest BCUT2D eigenvalue weighted by Gasteiger charge is -2.10. The average molecular weight is 617 g/mol. The number of fused-ring (bicyclic) bond motifs is 5. The van der Waals surface area contributed by atoms with Crippen LogP contribution >= 0.6 is 11.3 Å². The van der Waals surface area contributed by atoms with Crippen LogP contribution < -0.4 is 0 Å². The molecule has 0 aliphatic rings. The largest absolute Gasteiger partial charge is 0.227 e. The van der Waals surface area contributed by atoms with E-state index in [0.29, 0.717) is 0 Å². The molecule has 9 rings (SSSR count). The summed E-state index contributed by atoms with van der Waals surface area (Å²) in [5, 5.41) is 4.82. The third-order valence-electron chi connectivity index (χ3n) is 8.91. The van der Waals surface area contributed by atoms with Gasteiger partial charge in [0.2, 0.25) is 0 Å². The topological polar surface area (TPSA) is 25.8 Å². The zero-order chi connectivity index (χ0) is 31.2. The Labute approximate surface area is 277 Å². The Morgan fingerprint density at radius 1 is 0.362 bits per heavy atom. The summed E-state index contributed by atoms with van der Waals surface area (Å²) in [6.45, 7) is 0. The molecule has 0 saturated heterocycles. The minimum absolute atomic E-state index is 0.738. The number of hydrogen-bond donors (Lipinski definition) is 0. The number of nitrogens with zero attached hydrogens (tertiary/aromatic N) is 2. The normalized spacial score (nSPS) is 11.4. The lowest BCUT2D eigenvalue weighted by molar-refractivity contribution is 1.24. The van der Waals surface area contributed by atoms with Gasteiger partial charge in [0, 0.05) is 26.6 Å². The number of thiophene rings is 1. The molecule has 0 radical (unpaired) electrons. The Morgan fingerprint density at radius 2 is 0.894 bits per heavy atom. The molecule has 0 amide bonds. The molecule has 2 aromatic heterocycles. The van der Waals surface area contributed by atoms with Gasteiger partial charge in [-0.05, 0) is 56.3 Å². The Morgan fingerprint density at radius 3 is 1.62 bits per heavy atom. The first kappa shape index (κ1) is 27.4. The van der Waals surface area contributed by atoms with Crippen molar-refractivity contribution in [2.75, 3.05) is 0 Å². The van der Waals surface area contributed by atoms with Gasteiger partial charge in [0.25, 0.3) is 0 Å². The first-order chi connectivity index (χ1) is 23.3. The second-order valence-corrected chi connectivity index (χ2v) is 12.8. The third kappa shape index (κ3) is 4.98. The van der Waals surface area contributed by atoms with Gasteiger partial charge in [-0.15, -0.1) is 11.3 Å². The van der Waals surface area contributed by atoms with E-state index in [0.717, 1.165) is 44.0 Å². The molecule has 9 aromatic rings. The fourth-order valence-electron chi connectivity index (χ4n) is 6.54. The fraction of sp³-hybridized carbons (Fsp3) is 0. The van der Waals surface area contributed by atoms with Crippen LogP contribution in [0.4, 0.5) is 0 Å². The molecule has 3 heteroatoms. The van der Waals surface area contributed by atoms with E-state index in [1.54, 1.807) is 11.3 Å². The van der Waals surface area contributed by atoms with E-state index in [1.807, 2.05) is 0 Å². The first-order valence-electron chi connectivity index (χ1n) is 15.8. The quantitative estimate of drug-likeness (QED) is 0.192. The molecular weight excluding hydrogens is 589 g/mol. The lowest BCUT2D eigenvalue weighted by Crippen LogP contribution is -1.94. The SMILES string of the molecule is c1ccc(-c2ccc(-c3cccc(-c4cccc(-c5nc(-c6ccccc6)c6c(n5)sc5c7ccccc7ccc56)c4)c3)cc2)cc1. The van der Waals surface area contributed by atoms with E-state index in [2.05, 4.69) is 170 Å². The number of rotatable bonds is 5.